The lowest BCUT2D eigenvalue weighted by Crippen LogP contribution is -2.14. The van der Waals surface area contributed by atoms with Crippen molar-refractivity contribution in [2.45, 2.75) is 51.4 Å². The van der Waals surface area contributed by atoms with Crippen LogP contribution >= 0.6 is 0 Å². The van der Waals surface area contributed by atoms with Gasteiger partial charge in [0.2, 0.25) is 0 Å². The predicted octanol–water partition coefficient (Wildman–Crippen LogP) is 5.86. The second kappa shape index (κ2) is 7.77. The van der Waals surface area contributed by atoms with Gasteiger partial charge in [0.25, 0.3) is 0 Å². The van der Waals surface area contributed by atoms with Crippen LogP contribution in [0.15, 0.2) is 36.4 Å². The molecule has 0 aliphatic heterocycles. The molecule has 4 heteroatoms. The lowest BCUT2D eigenvalue weighted by Gasteiger charge is -2.29. The molecule has 1 fully saturated rings. The summed E-state index contributed by atoms with van der Waals surface area (Å²) >= 11 is 0. The van der Waals surface area contributed by atoms with Gasteiger partial charge in [0.05, 0.1) is 5.69 Å². The molecule has 2 aromatic rings. The highest BCUT2D eigenvalue weighted by Crippen LogP contribution is 2.39. The molecule has 1 saturated carbocycles. The topological polar surface area (TPSA) is 61.3 Å². The summed E-state index contributed by atoms with van der Waals surface area (Å²) in [7, 11) is 0. The normalized spacial score (nSPS) is 20.4. The summed E-state index contributed by atoms with van der Waals surface area (Å²) < 4.78 is 20.3. The molecule has 134 valence electrons. The van der Waals surface area contributed by atoms with Crippen LogP contribution in [0.4, 0.5) is 15.8 Å². The van der Waals surface area contributed by atoms with Gasteiger partial charge in [0.1, 0.15) is 17.3 Å². The van der Waals surface area contributed by atoms with Crippen molar-refractivity contribution in [2.24, 2.45) is 5.92 Å². The van der Waals surface area contributed by atoms with E-state index in [0.29, 0.717) is 28.8 Å². The minimum atomic E-state index is -0.189. The Morgan fingerprint density at radius 3 is 2.44 bits per heavy atom. The summed E-state index contributed by atoms with van der Waals surface area (Å²) in [4.78, 5) is 0. The molecule has 2 aromatic carbocycles. The molecule has 0 radical (unpaired) electrons. The molecule has 3 rings (SSSR count). The van der Waals surface area contributed by atoms with Gasteiger partial charge in [-0.1, -0.05) is 25.8 Å². The van der Waals surface area contributed by atoms with Crippen molar-refractivity contribution in [3.05, 3.63) is 47.8 Å². The first-order valence-electron chi connectivity index (χ1n) is 9.19. The standard InChI is InChI=1S/C21H27FN2O/c1-2-3-14-4-6-15(7-5-14)18-10-9-17(13-19(18)22)25-21-11-8-16(23)12-20(21)24/h8-15H,2-7,23-24H2,1H3. The van der Waals surface area contributed by atoms with E-state index in [-0.39, 0.29) is 5.82 Å². The highest BCUT2D eigenvalue weighted by Gasteiger charge is 2.24. The van der Waals surface area contributed by atoms with Gasteiger partial charge in [-0.15, -0.1) is 0 Å². The number of benzene rings is 2. The predicted molar refractivity (Wildman–Crippen MR) is 101 cm³/mol. The van der Waals surface area contributed by atoms with Crippen LogP contribution in [-0.4, -0.2) is 0 Å². The molecular formula is C21H27FN2O. The first-order valence-corrected chi connectivity index (χ1v) is 9.19. The molecule has 25 heavy (non-hydrogen) atoms. The van der Waals surface area contributed by atoms with Gasteiger partial charge in [-0.3, -0.25) is 0 Å². The molecule has 0 heterocycles. The Bertz CT molecular complexity index is 724. The Labute approximate surface area is 149 Å². The molecule has 0 atom stereocenters. The van der Waals surface area contributed by atoms with Crippen molar-refractivity contribution in [1.82, 2.24) is 0 Å². The molecule has 0 aromatic heterocycles. The second-order valence-electron chi connectivity index (χ2n) is 7.09. The van der Waals surface area contributed by atoms with Crippen LogP contribution in [-0.2, 0) is 0 Å². The fourth-order valence-corrected chi connectivity index (χ4v) is 3.86. The molecule has 0 bridgehead atoms. The lowest BCUT2D eigenvalue weighted by molar-refractivity contribution is 0.304. The average Bonchev–Trinajstić information content (AvgIpc) is 2.59. The summed E-state index contributed by atoms with van der Waals surface area (Å²) in [6.07, 6.45) is 7.10. The molecule has 1 aliphatic rings. The van der Waals surface area contributed by atoms with Crippen LogP contribution in [0.3, 0.4) is 0 Å². The third-order valence-electron chi connectivity index (χ3n) is 5.22. The number of ether oxygens (including phenoxy) is 1. The Morgan fingerprint density at radius 2 is 1.80 bits per heavy atom. The van der Waals surface area contributed by atoms with Crippen LogP contribution in [0.1, 0.15) is 56.9 Å². The van der Waals surface area contributed by atoms with Gasteiger partial charge in [0, 0.05) is 11.8 Å². The summed E-state index contributed by atoms with van der Waals surface area (Å²) in [5.74, 6) is 1.90. The number of hydrogen-bond donors (Lipinski definition) is 2. The third-order valence-corrected chi connectivity index (χ3v) is 5.22. The summed E-state index contributed by atoms with van der Waals surface area (Å²) in [6.45, 7) is 2.23. The molecule has 0 spiro atoms. The van der Waals surface area contributed by atoms with E-state index in [2.05, 4.69) is 6.92 Å². The maximum absolute atomic E-state index is 14.6. The van der Waals surface area contributed by atoms with E-state index in [1.165, 1.54) is 31.7 Å². The van der Waals surface area contributed by atoms with Crippen LogP contribution < -0.4 is 16.2 Å². The fourth-order valence-electron chi connectivity index (χ4n) is 3.86. The van der Waals surface area contributed by atoms with Gasteiger partial charge in [0.15, 0.2) is 0 Å². The number of nitrogens with two attached hydrogens (primary N) is 2. The smallest absolute Gasteiger partial charge is 0.150 e. The van der Waals surface area contributed by atoms with Crippen molar-refractivity contribution in [3.8, 4) is 11.5 Å². The van der Waals surface area contributed by atoms with Crippen molar-refractivity contribution < 1.29 is 9.13 Å². The Hall–Kier alpha value is -2.23. The van der Waals surface area contributed by atoms with Gasteiger partial charge in [-0.25, -0.2) is 4.39 Å². The van der Waals surface area contributed by atoms with E-state index in [0.717, 1.165) is 24.3 Å². The zero-order valence-corrected chi connectivity index (χ0v) is 14.8. The van der Waals surface area contributed by atoms with E-state index in [9.17, 15) is 4.39 Å². The van der Waals surface area contributed by atoms with E-state index in [4.69, 9.17) is 16.2 Å². The number of hydrogen-bond acceptors (Lipinski definition) is 3. The van der Waals surface area contributed by atoms with Gasteiger partial charge in [-0.05, 0) is 67.3 Å². The lowest BCUT2D eigenvalue weighted by atomic mass is 9.77. The highest BCUT2D eigenvalue weighted by molar-refractivity contribution is 5.61. The summed E-state index contributed by atoms with van der Waals surface area (Å²) in [5.41, 5.74) is 13.4. The van der Waals surface area contributed by atoms with Crippen molar-refractivity contribution in [2.75, 3.05) is 11.5 Å². The van der Waals surface area contributed by atoms with Gasteiger partial charge in [-0.2, -0.15) is 0 Å². The van der Waals surface area contributed by atoms with Crippen LogP contribution in [0.2, 0.25) is 0 Å². The largest absolute Gasteiger partial charge is 0.455 e. The van der Waals surface area contributed by atoms with Gasteiger partial charge >= 0.3 is 0 Å². The Balaban J connectivity index is 1.69. The molecule has 4 N–H and O–H groups in total. The van der Waals surface area contributed by atoms with Crippen LogP contribution in [0, 0.1) is 11.7 Å². The maximum Gasteiger partial charge on any atom is 0.150 e. The monoisotopic (exact) mass is 342 g/mol. The van der Waals surface area contributed by atoms with Crippen LogP contribution in [0.25, 0.3) is 0 Å². The average molecular weight is 342 g/mol. The second-order valence-corrected chi connectivity index (χ2v) is 7.09. The minimum absolute atomic E-state index is 0.189. The van der Waals surface area contributed by atoms with E-state index >= 15 is 0 Å². The van der Waals surface area contributed by atoms with Gasteiger partial charge < -0.3 is 16.2 Å². The Kier molecular flexibility index (Phi) is 5.47. The Morgan fingerprint density at radius 1 is 1.04 bits per heavy atom. The summed E-state index contributed by atoms with van der Waals surface area (Å²) in [5, 5.41) is 0. The van der Waals surface area contributed by atoms with Crippen molar-refractivity contribution in [1.29, 1.82) is 0 Å². The SMILES string of the molecule is CCCC1CCC(c2ccc(Oc3ccc(N)cc3N)cc2F)CC1. The third kappa shape index (κ3) is 4.25. The molecular weight excluding hydrogens is 315 g/mol. The minimum Gasteiger partial charge on any atom is -0.455 e. The first kappa shape index (κ1) is 17.6. The molecule has 0 unspecified atom stereocenters. The van der Waals surface area contributed by atoms with E-state index in [1.807, 2.05) is 12.1 Å². The molecule has 0 amide bonds. The zero-order valence-electron chi connectivity index (χ0n) is 14.8. The van der Waals surface area contributed by atoms with Crippen molar-refractivity contribution in [3.63, 3.8) is 0 Å². The quantitative estimate of drug-likeness (QED) is 0.669. The van der Waals surface area contributed by atoms with Crippen LogP contribution in [0.5, 0.6) is 11.5 Å². The number of halogens is 1. The summed E-state index contributed by atoms with van der Waals surface area (Å²) in [6, 6.07) is 10.2. The molecule has 1 aliphatic carbocycles. The van der Waals surface area contributed by atoms with E-state index < -0.39 is 0 Å². The number of rotatable bonds is 5. The maximum atomic E-state index is 14.6. The highest BCUT2D eigenvalue weighted by atomic mass is 19.1. The molecule has 0 saturated heterocycles. The number of anilines is 2. The number of nitrogen functional groups attached to an aromatic ring is 2. The molecule has 3 nitrogen and oxygen atoms in total. The first-order chi connectivity index (χ1) is 12.1. The zero-order chi connectivity index (χ0) is 17.8. The van der Waals surface area contributed by atoms with E-state index in [1.54, 1.807) is 18.2 Å². The fraction of sp³-hybridized carbons (Fsp3) is 0.429. The van der Waals surface area contributed by atoms with Crippen molar-refractivity contribution >= 4 is 11.4 Å².